The zero-order valence-corrected chi connectivity index (χ0v) is 18.7. The van der Waals surface area contributed by atoms with E-state index in [1.807, 2.05) is 24.3 Å². The van der Waals surface area contributed by atoms with Crippen molar-refractivity contribution >= 4 is 0 Å². The number of hydrogen-bond donors (Lipinski definition) is 2. The molecule has 31 heavy (non-hydrogen) atoms. The van der Waals surface area contributed by atoms with Gasteiger partial charge in [0.25, 0.3) is 0 Å². The molecule has 4 nitrogen and oxygen atoms in total. The SMILES string of the molecule is CC(C)(C)[C@@H](NCC1(F)CCNC1)c1nc(-c2ccccc2)cn1Cc1ccccc1. The third-order valence-electron chi connectivity index (χ3n) is 6.01. The first kappa shape index (κ1) is 21.7. The molecule has 2 N–H and O–H groups in total. The van der Waals surface area contributed by atoms with Gasteiger partial charge in [0.15, 0.2) is 0 Å². The highest BCUT2D eigenvalue weighted by Crippen LogP contribution is 2.35. The molecule has 0 saturated carbocycles. The van der Waals surface area contributed by atoms with E-state index in [-0.39, 0.29) is 11.5 Å². The Labute approximate surface area is 184 Å². The molecule has 2 aromatic carbocycles. The third kappa shape index (κ3) is 5.23. The summed E-state index contributed by atoms with van der Waals surface area (Å²) in [7, 11) is 0. The molecule has 4 rings (SSSR count). The second kappa shape index (κ2) is 8.93. The average molecular weight is 421 g/mol. The van der Waals surface area contributed by atoms with Crippen molar-refractivity contribution in [2.75, 3.05) is 19.6 Å². The molecule has 164 valence electrons. The lowest BCUT2D eigenvalue weighted by Crippen LogP contribution is -2.44. The van der Waals surface area contributed by atoms with Gasteiger partial charge in [-0.15, -0.1) is 0 Å². The van der Waals surface area contributed by atoms with Gasteiger partial charge in [-0.05, 0) is 23.9 Å². The van der Waals surface area contributed by atoms with Crippen LogP contribution in [-0.4, -0.2) is 34.9 Å². The zero-order valence-electron chi connectivity index (χ0n) is 18.7. The van der Waals surface area contributed by atoms with E-state index < -0.39 is 5.67 Å². The van der Waals surface area contributed by atoms with Crippen LogP contribution in [0.25, 0.3) is 11.3 Å². The summed E-state index contributed by atoms with van der Waals surface area (Å²) in [4.78, 5) is 5.07. The van der Waals surface area contributed by atoms with Crippen molar-refractivity contribution in [2.45, 2.75) is 45.4 Å². The van der Waals surface area contributed by atoms with Crippen LogP contribution in [0.4, 0.5) is 4.39 Å². The van der Waals surface area contributed by atoms with Gasteiger partial charge in [-0.1, -0.05) is 81.4 Å². The second-order valence-electron chi connectivity index (χ2n) is 9.72. The normalized spacial score (nSPS) is 20.1. The van der Waals surface area contributed by atoms with Crippen LogP contribution < -0.4 is 10.6 Å². The van der Waals surface area contributed by atoms with Gasteiger partial charge >= 0.3 is 0 Å². The molecule has 0 amide bonds. The Morgan fingerprint density at radius 1 is 1.10 bits per heavy atom. The van der Waals surface area contributed by atoms with Gasteiger partial charge in [0.2, 0.25) is 0 Å². The Balaban J connectivity index is 1.70. The van der Waals surface area contributed by atoms with E-state index in [4.69, 9.17) is 4.98 Å². The van der Waals surface area contributed by atoms with E-state index in [1.165, 1.54) is 5.56 Å². The first-order valence-electron chi connectivity index (χ1n) is 11.1. The van der Waals surface area contributed by atoms with Crippen LogP contribution in [-0.2, 0) is 6.54 Å². The number of alkyl halides is 1. The molecule has 1 aliphatic rings. The second-order valence-corrected chi connectivity index (χ2v) is 9.72. The van der Waals surface area contributed by atoms with Crippen LogP contribution in [0, 0.1) is 5.41 Å². The molecule has 0 radical (unpaired) electrons. The van der Waals surface area contributed by atoms with Gasteiger partial charge in [0.1, 0.15) is 11.5 Å². The lowest BCUT2D eigenvalue weighted by atomic mass is 9.85. The van der Waals surface area contributed by atoms with Gasteiger partial charge in [0, 0.05) is 31.4 Å². The van der Waals surface area contributed by atoms with E-state index in [1.54, 1.807) is 0 Å². The first-order chi connectivity index (χ1) is 14.8. The number of imidazole rings is 1. The Kier molecular flexibility index (Phi) is 6.26. The Morgan fingerprint density at radius 3 is 2.39 bits per heavy atom. The van der Waals surface area contributed by atoms with E-state index in [0.717, 1.165) is 30.2 Å². The lowest BCUT2D eigenvalue weighted by molar-refractivity contribution is 0.155. The highest BCUT2D eigenvalue weighted by molar-refractivity contribution is 5.58. The third-order valence-corrected chi connectivity index (χ3v) is 6.01. The van der Waals surface area contributed by atoms with Crippen molar-refractivity contribution in [3.8, 4) is 11.3 Å². The lowest BCUT2D eigenvalue weighted by Gasteiger charge is -2.33. The Hall–Kier alpha value is -2.50. The summed E-state index contributed by atoms with van der Waals surface area (Å²) in [6.45, 7) is 8.75. The van der Waals surface area contributed by atoms with Crippen LogP contribution in [0.3, 0.4) is 0 Å². The quantitative estimate of drug-likeness (QED) is 0.567. The molecule has 5 heteroatoms. The largest absolute Gasteiger partial charge is 0.329 e. The summed E-state index contributed by atoms with van der Waals surface area (Å²) >= 11 is 0. The minimum atomic E-state index is -1.21. The number of halogens is 1. The minimum absolute atomic E-state index is 0.0816. The summed E-state index contributed by atoms with van der Waals surface area (Å²) in [5.74, 6) is 0.949. The predicted octanol–water partition coefficient (Wildman–Crippen LogP) is 4.98. The molecule has 0 aliphatic carbocycles. The maximum Gasteiger partial charge on any atom is 0.136 e. The number of rotatable bonds is 7. The molecule has 1 aromatic heterocycles. The van der Waals surface area contributed by atoms with Gasteiger partial charge in [0.05, 0.1) is 11.7 Å². The van der Waals surface area contributed by atoms with Gasteiger partial charge in [-0.3, -0.25) is 0 Å². The fourth-order valence-electron chi connectivity index (χ4n) is 4.25. The molecule has 2 atom stereocenters. The van der Waals surface area contributed by atoms with Gasteiger partial charge in [-0.25, -0.2) is 9.37 Å². The van der Waals surface area contributed by atoms with Crippen molar-refractivity contribution in [2.24, 2.45) is 5.41 Å². The molecule has 1 fully saturated rings. The molecule has 1 saturated heterocycles. The van der Waals surface area contributed by atoms with Crippen LogP contribution >= 0.6 is 0 Å². The Morgan fingerprint density at radius 2 is 1.77 bits per heavy atom. The summed E-state index contributed by atoms with van der Waals surface area (Å²) in [6.07, 6.45) is 2.67. The number of aromatic nitrogens is 2. The van der Waals surface area contributed by atoms with Gasteiger partial charge < -0.3 is 15.2 Å². The molecular weight excluding hydrogens is 387 g/mol. The molecule has 2 heterocycles. The van der Waals surface area contributed by atoms with Crippen LogP contribution in [0.15, 0.2) is 66.9 Å². The molecule has 1 unspecified atom stereocenters. The van der Waals surface area contributed by atoms with Crippen LogP contribution in [0.5, 0.6) is 0 Å². The maximum absolute atomic E-state index is 15.1. The number of nitrogens with one attached hydrogen (secondary N) is 2. The molecule has 0 bridgehead atoms. The number of benzene rings is 2. The van der Waals surface area contributed by atoms with Gasteiger partial charge in [-0.2, -0.15) is 0 Å². The molecular formula is C26H33FN4. The highest BCUT2D eigenvalue weighted by Gasteiger charge is 2.37. The van der Waals surface area contributed by atoms with Crippen LogP contribution in [0.2, 0.25) is 0 Å². The van der Waals surface area contributed by atoms with Crippen molar-refractivity contribution in [3.63, 3.8) is 0 Å². The number of hydrogen-bond acceptors (Lipinski definition) is 3. The predicted molar refractivity (Wildman–Crippen MR) is 125 cm³/mol. The summed E-state index contributed by atoms with van der Waals surface area (Å²) in [5.41, 5.74) is 1.92. The first-order valence-corrected chi connectivity index (χ1v) is 11.1. The topological polar surface area (TPSA) is 41.9 Å². The zero-order chi connectivity index (χ0) is 21.9. The highest BCUT2D eigenvalue weighted by atomic mass is 19.1. The molecule has 1 aliphatic heterocycles. The smallest absolute Gasteiger partial charge is 0.136 e. The van der Waals surface area contributed by atoms with E-state index >= 15 is 4.39 Å². The van der Waals surface area contributed by atoms with E-state index in [0.29, 0.717) is 19.5 Å². The maximum atomic E-state index is 15.1. The number of nitrogens with zero attached hydrogens (tertiary/aromatic N) is 2. The summed E-state index contributed by atoms with van der Waals surface area (Å²) in [5, 5.41) is 6.70. The molecule has 3 aromatic rings. The monoisotopic (exact) mass is 420 g/mol. The summed E-state index contributed by atoms with van der Waals surface area (Å²) < 4.78 is 17.4. The van der Waals surface area contributed by atoms with Crippen molar-refractivity contribution < 1.29 is 4.39 Å². The van der Waals surface area contributed by atoms with Crippen molar-refractivity contribution in [1.29, 1.82) is 0 Å². The standard InChI is InChI=1S/C26H33FN4/c1-25(2,3)23(29-19-26(27)14-15-28-18-26)24-30-22(21-12-8-5-9-13-21)17-31(24)16-20-10-6-4-7-11-20/h4-13,17,23,28-29H,14-16,18-19H2,1-3H3/t23-,26?/m0/s1. The Bertz CT molecular complexity index is 970. The van der Waals surface area contributed by atoms with Crippen molar-refractivity contribution in [3.05, 3.63) is 78.2 Å². The van der Waals surface area contributed by atoms with Crippen molar-refractivity contribution in [1.82, 2.24) is 20.2 Å². The van der Waals surface area contributed by atoms with Crippen LogP contribution in [0.1, 0.15) is 44.6 Å². The average Bonchev–Trinajstić information content (AvgIpc) is 3.36. The fraction of sp³-hybridized carbons (Fsp3) is 0.423. The summed E-state index contributed by atoms with van der Waals surface area (Å²) in [6, 6.07) is 20.6. The fourth-order valence-corrected chi connectivity index (χ4v) is 4.25. The van der Waals surface area contributed by atoms with E-state index in [2.05, 4.69) is 78.6 Å². The van der Waals surface area contributed by atoms with E-state index in [9.17, 15) is 0 Å². The molecule has 0 spiro atoms. The minimum Gasteiger partial charge on any atom is -0.329 e.